The highest BCUT2D eigenvalue weighted by Gasteiger charge is 2.58. The number of piperidine rings is 2. The van der Waals surface area contributed by atoms with Gasteiger partial charge in [-0.25, -0.2) is 4.98 Å². The number of nitrogens with one attached hydrogen (secondary N) is 1. The Kier molecular flexibility index (Phi) is 3.42. The number of amides is 1. The number of imidazole rings is 1. The van der Waals surface area contributed by atoms with Crippen LogP contribution in [0.4, 0.5) is 0 Å². The molecule has 0 spiro atoms. The van der Waals surface area contributed by atoms with Gasteiger partial charge in [0.25, 0.3) is 5.56 Å². The summed E-state index contributed by atoms with van der Waals surface area (Å²) in [5, 5.41) is 3.37. The summed E-state index contributed by atoms with van der Waals surface area (Å²) in [5.41, 5.74) is 1.78. The number of aryl methyl sites for hydroxylation is 1. The van der Waals surface area contributed by atoms with E-state index in [2.05, 4.69) is 21.3 Å². The quantitative estimate of drug-likeness (QED) is 0.832. The highest BCUT2D eigenvalue weighted by molar-refractivity contribution is 5.83. The van der Waals surface area contributed by atoms with Crippen molar-refractivity contribution in [3.8, 4) is 11.4 Å². The maximum absolute atomic E-state index is 13.2. The minimum absolute atomic E-state index is 0.0454. The predicted octanol–water partition coefficient (Wildman–Crippen LogP) is 0.660. The molecule has 0 aromatic carbocycles. The van der Waals surface area contributed by atoms with Crippen molar-refractivity contribution in [2.24, 2.45) is 30.7 Å². The van der Waals surface area contributed by atoms with Crippen LogP contribution >= 0.6 is 0 Å². The van der Waals surface area contributed by atoms with Gasteiger partial charge in [0.05, 0.1) is 5.56 Å². The molecule has 1 saturated carbocycles. The largest absolute Gasteiger partial charge is 0.341 e. The lowest BCUT2D eigenvalue weighted by Gasteiger charge is -2.43. The van der Waals surface area contributed by atoms with Crippen LogP contribution in [0, 0.1) is 23.7 Å². The molecule has 4 aliphatic rings. The van der Waals surface area contributed by atoms with Gasteiger partial charge < -0.3 is 19.4 Å². The summed E-state index contributed by atoms with van der Waals surface area (Å²) in [5.74, 6) is 3.05. The van der Waals surface area contributed by atoms with Crippen molar-refractivity contribution in [1.29, 1.82) is 0 Å². The molecule has 2 aromatic rings. The molecule has 7 heteroatoms. The Labute approximate surface area is 163 Å². The summed E-state index contributed by atoms with van der Waals surface area (Å²) >= 11 is 0. The molecule has 1 amide bonds. The zero-order valence-electron chi connectivity index (χ0n) is 16.0. The van der Waals surface area contributed by atoms with Gasteiger partial charge in [0.2, 0.25) is 5.91 Å². The molecule has 2 bridgehead atoms. The fraction of sp³-hybridized carbons (Fsp3) is 0.571. The fourth-order valence-electron chi connectivity index (χ4n) is 5.92. The van der Waals surface area contributed by atoms with Crippen LogP contribution in [0.1, 0.15) is 18.0 Å². The van der Waals surface area contributed by atoms with Gasteiger partial charge in [-0.05, 0) is 49.4 Å². The van der Waals surface area contributed by atoms with Crippen LogP contribution in [0.2, 0.25) is 0 Å². The van der Waals surface area contributed by atoms with E-state index in [9.17, 15) is 9.59 Å². The summed E-state index contributed by atoms with van der Waals surface area (Å²) in [6, 6.07) is 3.99. The van der Waals surface area contributed by atoms with E-state index in [1.165, 1.54) is 0 Å². The van der Waals surface area contributed by atoms with Crippen molar-refractivity contribution in [2.45, 2.75) is 18.9 Å². The third kappa shape index (κ3) is 2.28. The van der Waals surface area contributed by atoms with E-state index in [-0.39, 0.29) is 17.4 Å². The van der Waals surface area contributed by atoms with Gasteiger partial charge in [0.1, 0.15) is 5.82 Å². The molecule has 146 valence electrons. The van der Waals surface area contributed by atoms with Crippen LogP contribution in [-0.2, 0) is 18.4 Å². The lowest BCUT2D eigenvalue weighted by molar-refractivity contribution is -0.136. The molecule has 5 heterocycles. The molecule has 2 saturated heterocycles. The normalized spacial score (nSPS) is 32.8. The molecule has 2 aromatic heterocycles. The maximum atomic E-state index is 13.2. The number of pyridine rings is 1. The minimum atomic E-state index is 0.0454. The number of hydrogen-bond acceptors (Lipinski definition) is 4. The molecule has 1 aliphatic carbocycles. The first kappa shape index (κ1) is 16.5. The Balaban J connectivity index is 1.30. The second kappa shape index (κ2) is 5.80. The molecular weight excluding hydrogens is 354 g/mol. The molecule has 0 radical (unpaired) electrons. The van der Waals surface area contributed by atoms with Gasteiger partial charge >= 0.3 is 0 Å². The first-order valence-corrected chi connectivity index (χ1v) is 10.3. The SMILES string of the molecule is Cn1ccnc1-c1ccc2n(c1=O)C[C@H]1C[C@@H]2CN(C(=O)C2[C@H]3CNC[C@@H]23)C1. The molecule has 1 N–H and O–H groups in total. The summed E-state index contributed by atoms with van der Waals surface area (Å²) in [7, 11) is 1.91. The van der Waals surface area contributed by atoms with Gasteiger partial charge in [-0.3, -0.25) is 9.59 Å². The third-order valence-corrected chi connectivity index (χ3v) is 7.35. The van der Waals surface area contributed by atoms with E-state index in [0.717, 1.165) is 38.3 Å². The van der Waals surface area contributed by atoms with E-state index in [0.29, 0.717) is 41.6 Å². The molecule has 3 aliphatic heterocycles. The Morgan fingerprint density at radius 1 is 1.18 bits per heavy atom. The van der Waals surface area contributed by atoms with Crippen molar-refractivity contribution in [3.05, 3.63) is 40.6 Å². The average molecular weight is 379 g/mol. The number of rotatable bonds is 2. The monoisotopic (exact) mass is 379 g/mol. The van der Waals surface area contributed by atoms with E-state index in [1.54, 1.807) is 6.20 Å². The van der Waals surface area contributed by atoms with Gasteiger partial charge in [0.15, 0.2) is 0 Å². The predicted molar refractivity (Wildman–Crippen MR) is 104 cm³/mol. The molecule has 1 unspecified atom stereocenters. The minimum Gasteiger partial charge on any atom is -0.341 e. The fourth-order valence-corrected chi connectivity index (χ4v) is 5.92. The zero-order chi connectivity index (χ0) is 19.0. The van der Waals surface area contributed by atoms with E-state index in [1.807, 2.05) is 28.4 Å². The van der Waals surface area contributed by atoms with Gasteiger partial charge in [-0.1, -0.05) is 0 Å². The number of carbonyl (C=O) groups excluding carboxylic acids is 1. The highest BCUT2D eigenvalue weighted by atomic mass is 16.2. The standard InChI is InChI=1S/C21H25N5O2/c1-24-5-4-23-19(24)14-2-3-17-13-6-12(10-26(17)20(14)27)9-25(11-13)21(28)18-15-7-22-8-16(15)18/h2-5,12-13,15-16,18,22H,6-11H2,1H3/t12-,13+,15-,16+,18?/m0/s1. The second-order valence-corrected chi connectivity index (χ2v) is 9.00. The van der Waals surface area contributed by atoms with Gasteiger partial charge in [-0.15, -0.1) is 0 Å². The molecule has 3 fully saturated rings. The van der Waals surface area contributed by atoms with Gasteiger partial charge in [-0.2, -0.15) is 0 Å². The number of fused-ring (bicyclic) bond motifs is 5. The topological polar surface area (TPSA) is 72.2 Å². The van der Waals surface area contributed by atoms with Crippen molar-refractivity contribution in [1.82, 2.24) is 24.3 Å². The first-order valence-electron chi connectivity index (χ1n) is 10.3. The molecule has 6 rings (SSSR count). The number of nitrogens with zero attached hydrogens (tertiary/aromatic N) is 4. The average Bonchev–Trinajstić information content (AvgIpc) is 3.01. The molecule has 28 heavy (non-hydrogen) atoms. The zero-order valence-corrected chi connectivity index (χ0v) is 16.0. The van der Waals surface area contributed by atoms with Crippen LogP contribution in [0.3, 0.4) is 0 Å². The molecule has 7 nitrogen and oxygen atoms in total. The number of likely N-dealkylation sites (tertiary alicyclic amines) is 1. The van der Waals surface area contributed by atoms with Crippen LogP contribution in [-0.4, -0.2) is 51.1 Å². The molecular formula is C21H25N5O2. The number of aromatic nitrogens is 3. The lowest BCUT2D eigenvalue weighted by Crippen LogP contribution is -2.50. The second-order valence-electron chi connectivity index (χ2n) is 9.00. The summed E-state index contributed by atoms with van der Waals surface area (Å²) in [4.78, 5) is 32.7. The number of hydrogen-bond donors (Lipinski definition) is 1. The highest BCUT2D eigenvalue weighted by Crippen LogP contribution is 2.50. The van der Waals surface area contributed by atoms with Crippen molar-refractivity contribution >= 4 is 5.91 Å². The number of carbonyl (C=O) groups is 1. The van der Waals surface area contributed by atoms with Crippen LogP contribution < -0.4 is 10.9 Å². The maximum Gasteiger partial charge on any atom is 0.261 e. The molecule has 5 atom stereocenters. The Bertz CT molecular complexity index is 1010. The Morgan fingerprint density at radius 2 is 2.00 bits per heavy atom. The summed E-state index contributed by atoms with van der Waals surface area (Å²) < 4.78 is 3.83. The van der Waals surface area contributed by atoms with Crippen molar-refractivity contribution in [2.75, 3.05) is 26.2 Å². The lowest BCUT2D eigenvalue weighted by atomic mass is 9.82. The van der Waals surface area contributed by atoms with E-state index >= 15 is 0 Å². The first-order chi connectivity index (χ1) is 13.6. The van der Waals surface area contributed by atoms with Crippen LogP contribution in [0.5, 0.6) is 0 Å². The smallest absolute Gasteiger partial charge is 0.261 e. The van der Waals surface area contributed by atoms with Crippen molar-refractivity contribution in [3.63, 3.8) is 0 Å². The van der Waals surface area contributed by atoms with Gasteiger partial charge in [0, 0.05) is 56.6 Å². The van der Waals surface area contributed by atoms with Crippen LogP contribution in [0.25, 0.3) is 11.4 Å². The van der Waals surface area contributed by atoms with Crippen molar-refractivity contribution < 1.29 is 4.79 Å². The Hall–Kier alpha value is -2.41. The van der Waals surface area contributed by atoms with E-state index < -0.39 is 0 Å². The van der Waals surface area contributed by atoms with E-state index in [4.69, 9.17) is 0 Å². The summed E-state index contributed by atoms with van der Waals surface area (Å²) in [6.07, 6.45) is 4.66. The third-order valence-electron chi connectivity index (χ3n) is 7.35. The Morgan fingerprint density at radius 3 is 2.75 bits per heavy atom. The van der Waals surface area contributed by atoms with Crippen LogP contribution in [0.15, 0.2) is 29.3 Å². The summed E-state index contributed by atoms with van der Waals surface area (Å²) in [6.45, 7) is 4.23.